The molecule has 1 aliphatic heterocycles. The third-order valence-electron chi connectivity index (χ3n) is 6.98. The molecule has 2 saturated carbocycles. The summed E-state index contributed by atoms with van der Waals surface area (Å²) >= 11 is 0. The number of anilines is 1. The van der Waals surface area contributed by atoms with E-state index in [0.717, 1.165) is 32.1 Å². The number of aromatic nitrogens is 3. The molecule has 3 aliphatic rings. The minimum Gasteiger partial charge on any atom is -0.461 e. The Balaban J connectivity index is 1.68. The summed E-state index contributed by atoms with van der Waals surface area (Å²) in [5, 5.41) is 4.93. The Morgan fingerprint density at radius 1 is 1.25 bits per heavy atom. The van der Waals surface area contributed by atoms with Gasteiger partial charge in [0.1, 0.15) is 6.61 Å². The van der Waals surface area contributed by atoms with Crippen molar-refractivity contribution in [2.45, 2.75) is 69.4 Å². The second-order valence-corrected chi connectivity index (χ2v) is 8.44. The van der Waals surface area contributed by atoms with E-state index in [1.54, 1.807) is 13.4 Å². The van der Waals surface area contributed by atoms with E-state index in [1.165, 1.54) is 25.7 Å². The molecule has 1 spiro atoms. The summed E-state index contributed by atoms with van der Waals surface area (Å²) in [5.41, 5.74) is -0.0274. The highest BCUT2D eigenvalue weighted by Crippen LogP contribution is 2.53. The van der Waals surface area contributed by atoms with Gasteiger partial charge in [0.05, 0.1) is 11.8 Å². The van der Waals surface area contributed by atoms with Crippen molar-refractivity contribution in [1.82, 2.24) is 14.8 Å². The first-order chi connectivity index (χ1) is 13.7. The zero-order chi connectivity index (χ0) is 19.1. The van der Waals surface area contributed by atoms with Crippen LogP contribution in [0.4, 0.5) is 5.95 Å². The third-order valence-corrected chi connectivity index (χ3v) is 6.98. The molecule has 7 nitrogen and oxygen atoms in total. The van der Waals surface area contributed by atoms with Crippen LogP contribution in [0.3, 0.4) is 0 Å². The number of amides is 1. The molecule has 2 fully saturated rings. The van der Waals surface area contributed by atoms with Crippen LogP contribution in [-0.4, -0.2) is 40.4 Å². The van der Waals surface area contributed by atoms with E-state index in [-0.39, 0.29) is 24.1 Å². The smallest absolute Gasteiger partial charge is 0.255 e. The zero-order valence-electron chi connectivity index (χ0n) is 16.5. The van der Waals surface area contributed by atoms with Gasteiger partial charge in [-0.1, -0.05) is 32.1 Å². The molecule has 0 bridgehead atoms. The summed E-state index contributed by atoms with van der Waals surface area (Å²) in [5.74, 6) is 2.30. The fraction of sp³-hybridized carbons (Fsp3) is 0.667. The van der Waals surface area contributed by atoms with E-state index in [4.69, 9.17) is 19.2 Å². The Labute approximate surface area is 165 Å². The number of methoxy groups -OCH3 is 1. The van der Waals surface area contributed by atoms with Crippen LogP contribution in [-0.2, 0) is 15.1 Å². The number of nitrogens with zero attached hydrogens (tertiary/aromatic N) is 4. The number of fused-ring (bicyclic) bond motifs is 4. The van der Waals surface area contributed by atoms with Crippen molar-refractivity contribution in [2.24, 2.45) is 5.92 Å². The number of rotatable bonds is 3. The van der Waals surface area contributed by atoms with Gasteiger partial charge in [-0.15, -0.1) is 5.10 Å². The van der Waals surface area contributed by atoms with E-state index in [2.05, 4.69) is 4.68 Å². The van der Waals surface area contributed by atoms with Crippen molar-refractivity contribution >= 4 is 11.9 Å². The molecule has 2 aliphatic carbocycles. The molecule has 3 heterocycles. The predicted octanol–water partition coefficient (Wildman–Crippen LogP) is 3.75. The van der Waals surface area contributed by atoms with Crippen LogP contribution in [0.15, 0.2) is 22.8 Å². The highest BCUT2D eigenvalue weighted by molar-refractivity contribution is 5.94. The van der Waals surface area contributed by atoms with Crippen LogP contribution in [0.5, 0.6) is 0 Å². The van der Waals surface area contributed by atoms with Crippen LogP contribution in [0.25, 0.3) is 11.6 Å². The molecular weight excluding hydrogens is 356 g/mol. The van der Waals surface area contributed by atoms with E-state index < -0.39 is 0 Å². The van der Waals surface area contributed by atoms with Gasteiger partial charge in [0.25, 0.3) is 5.91 Å². The fourth-order valence-electron chi connectivity index (χ4n) is 5.86. The Bertz CT molecular complexity index is 838. The van der Waals surface area contributed by atoms with Gasteiger partial charge in [-0.25, -0.2) is 4.68 Å². The lowest BCUT2D eigenvalue weighted by molar-refractivity contribution is -0.124. The van der Waals surface area contributed by atoms with Crippen LogP contribution >= 0.6 is 0 Å². The summed E-state index contributed by atoms with van der Waals surface area (Å²) in [4.78, 5) is 19.8. The SMILES string of the molecule is COCC(=O)N1c2nc(-c3ccco3)nn2C2(CCCCC2)[C@@H]2CCCC[C@@H]21. The Morgan fingerprint density at radius 3 is 2.82 bits per heavy atom. The number of carbonyl (C=O) groups excluding carboxylic acids is 1. The van der Waals surface area contributed by atoms with E-state index >= 15 is 0 Å². The molecule has 2 atom stereocenters. The lowest BCUT2D eigenvalue weighted by atomic mass is 9.64. The molecule has 28 heavy (non-hydrogen) atoms. The summed E-state index contributed by atoms with van der Waals surface area (Å²) < 4.78 is 12.9. The summed E-state index contributed by atoms with van der Waals surface area (Å²) in [6.07, 6.45) is 12.1. The molecule has 5 rings (SSSR count). The molecule has 150 valence electrons. The number of carbonyl (C=O) groups is 1. The van der Waals surface area contributed by atoms with Crippen LogP contribution < -0.4 is 4.90 Å². The average molecular weight is 384 g/mol. The molecule has 0 saturated heterocycles. The van der Waals surface area contributed by atoms with Crippen LogP contribution in [0, 0.1) is 5.92 Å². The molecule has 1 amide bonds. The quantitative estimate of drug-likeness (QED) is 0.806. The van der Waals surface area contributed by atoms with E-state index in [1.807, 2.05) is 17.0 Å². The number of hydrogen-bond donors (Lipinski definition) is 0. The van der Waals surface area contributed by atoms with Gasteiger partial charge in [0.2, 0.25) is 11.8 Å². The highest BCUT2D eigenvalue weighted by Gasteiger charge is 2.55. The molecule has 0 radical (unpaired) electrons. The lowest BCUT2D eigenvalue weighted by Crippen LogP contribution is -2.62. The van der Waals surface area contributed by atoms with E-state index in [0.29, 0.717) is 23.5 Å². The Kier molecular flexibility index (Phi) is 4.50. The maximum absolute atomic E-state index is 13.1. The lowest BCUT2D eigenvalue weighted by Gasteiger charge is -2.55. The van der Waals surface area contributed by atoms with Crippen molar-refractivity contribution in [1.29, 1.82) is 0 Å². The molecular formula is C21H28N4O3. The first-order valence-corrected chi connectivity index (χ1v) is 10.6. The number of hydrogen-bond acceptors (Lipinski definition) is 5. The largest absolute Gasteiger partial charge is 0.461 e. The highest BCUT2D eigenvalue weighted by atomic mass is 16.5. The van der Waals surface area contributed by atoms with Gasteiger partial charge in [-0.05, 0) is 37.8 Å². The van der Waals surface area contributed by atoms with Crippen molar-refractivity contribution in [3.05, 3.63) is 18.4 Å². The summed E-state index contributed by atoms with van der Waals surface area (Å²) in [6.45, 7) is 0.0686. The first kappa shape index (κ1) is 17.9. The monoisotopic (exact) mass is 384 g/mol. The molecule has 7 heteroatoms. The van der Waals surface area contributed by atoms with Gasteiger partial charge >= 0.3 is 0 Å². The summed E-state index contributed by atoms with van der Waals surface area (Å²) in [7, 11) is 1.57. The minimum atomic E-state index is -0.0274. The first-order valence-electron chi connectivity index (χ1n) is 10.6. The van der Waals surface area contributed by atoms with Crippen molar-refractivity contribution < 1.29 is 13.9 Å². The topological polar surface area (TPSA) is 73.4 Å². The zero-order valence-corrected chi connectivity index (χ0v) is 16.5. The van der Waals surface area contributed by atoms with Gasteiger partial charge < -0.3 is 9.15 Å². The summed E-state index contributed by atoms with van der Waals surface area (Å²) in [6, 6.07) is 3.92. The maximum atomic E-state index is 13.1. The Morgan fingerprint density at radius 2 is 2.07 bits per heavy atom. The van der Waals surface area contributed by atoms with Crippen molar-refractivity contribution in [3.63, 3.8) is 0 Å². The second-order valence-electron chi connectivity index (χ2n) is 8.44. The minimum absolute atomic E-state index is 0.0234. The standard InChI is InChI=1S/C21H28N4O3/c1-27-14-18(26)24-16-9-4-3-8-15(16)21(11-5-2-6-12-21)25-20(24)22-19(23-25)17-10-7-13-28-17/h7,10,13,15-16H,2-6,8-9,11-12,14H2,1H3/t15-,16+/m1/s1. The number of furan rings is 1. The van der Waals surface area contributed by atoms with Crippen LogP contribution in [0.2, 0.25) is 0 Å². The van der Waals surface area contributed by atoms with Gasteiger partial charge in [-0.3, -0.25) is 9.69 Å². The fourth-order valence-corrected chi connectivity index (χ4v) is 5.86. The maximum Gasteiger partial charge on any atom is 0.255 e. The van der Waals surface area contributed by atoms with Gasteiger partial charge in [0, 0.05) is 19.1 Å². The van der Waals surface area contributed by atoms with E-state index in [9.17, 15) is 4.79 Å². The van der Waals surface area contributed by atoms with Crippen LogP contribution in [0.1, 0.15) is 57.8 Å². The van der Waals surface area contributed by atoms with Gasteiger partial charge in [-0.2, -0.15) is 4.98 Å². The third kappa shape index (κ3) is 2.63. The second kappa shape index (κ2) is 7.03. The Hall–Kier alpha value is -2.15. The molecule has 2 aromatic heterocycles. The molecule has 0 unspecified atom stereocenters. The molecule has 0 aromatic carbocycles. The molecule has 2 aromatic rings. The van der Waals surface area contributed by atoms with Crippen molar-refractivity contribution in [3.8, 4) is 11.6 Å². The molecule has 0 N–H and O–H groups in total. The van der Waals surface area contributed by atoms with Gasteiger partial charge in [0.15, 0.2) is 5.76 Å². The predicted molar refractivity (Wildman–Crippen MR) is 104 cm³/mol. The van der Waals surface area contributed by atoms with Crippen molar-refractivity contribution in [2.75, 3.05) is 18.6 Å². The number of ether oxygens (including phenoxy) is 1. The normalized spacial score (nSPS) is 26.1. The average Bonchev–Trinajstić information content (AvgIpc) is 3.40.